The van der Waals surface area contributed by atoms with Gasteiger partial charge in [0.25, 0.3) is 0 Å². The predicted octanol–water partition coefficient (Wildman–Crippen LogP) is 3.66. The zero-order chi connectivity index (χ0) is 13.5. The van der Waals surface area contributed by atoms with Crippen molar-refractivity contribution >= 4 is 11.8 Å². The maximum atomic E-state index is 11.4. The molecule has 0 saturated heterocycles. The highest BCUT2D eigenvalue weighted by atomic mass is 16.6. The molecule has 1 aromatic carbocycles. The highest BCUT2D eigenvalue weighted by molar-refractivity contribution is 5.84. The van der Waals surface area contributed by atoms with E-state index in [-0.39, 0.29) is 12.0 Å². The Morgan fingerprint density at radius 2 is 2.17 bits per heavy atom. The number of carbonyl (C=O) groups excluding carboxylic acids is 1. The second-order valence-electron chi connectivity index (χ2n) is 4.47. The van der Waals surface area contributed by atoms with Crippen molar-refractivity contribution in [2.75, 3.05) is 5.32 Å². The SMILES string of the molecule is CC(C)OC(=O)Nc1cccc(C(C)CC#N)c1. The molecule has 1 aromatic rings. The summed E-state index contributed by atoms with van der Waals surface area (Å²) >= 11 is 0. The molecule has 0 spiro atoms. The lowest BCUT2D eigenvalue weighted by Gasteiger charge is -2.12. The normalized spacial score (nSPS) is 11.7. The molecule has 96 valence electrons. The van der Waals surface area contributed by atoms with Crippen LogP contribution in [0.1, 0.15) is 38.7 Å². The quantitative estimate of drug-likeness (QED) is 0.881. The summed E-state index contributed by atoms with van der Waals surface area (Å²) in [5.74, 6) is 0.151. The first-order valence-corrected chi connectivity index (χ1v) is 5.97. The zero-order valence-electron chi connectivity index (χ0n) is 10.9. The molecule has 0 aliphatic carbocycles. The molecule has 0 saturated carbocycles. The smallest absolute Gasteiger partial charge is 0.411 e. The largest absolute Gasteiger partial charge is 0.447 e. The molecule has 1 rings (SSSR count). The van der Waals surface area contributed by atoms with E-state index in [1.54, 1.807) is 19.9 Å². The van der Waals surface area contributed by atoms with Crippen LogP contribution in [-0.4, -0.2) is 12.2 Å². The van der Waals surface area contributed by atoms with Crippen molar-refractivity contribution < 1.29 is 9.53 Å². The third-order valence-corrected chi connectivity index (χ3v) is 2.44. The van der Waals surface area contributed by atoms with Crippen LogP contribution >= 0.6 is 0 Å². The Morgan fingerprint density at radius 3 is 2.78 bits per heavy atom. The molecule has 18 heavy (non-hydrogen) atoms. The van der Waals surface area contributed by atoms with Crippen LogP contribution < -0.4 is 5.32 Å². The van der Waals surface area contributed by atoms with E-state index >= 15 is 0 Å². The topological polar surface area (TPSA) is 62.1 Å². The van der Waals surface area contributed by atoms with Gasteiger partial charge in [-0.3, -0.25) is 5.32 Å². The number of benzene rings is 1. The van der Waals surface area contributed by atoms with Gasteiger partial charge in [-0.25, -0.2) is 4.79 Å². The van der Waals surface area contributed by atoms with E-state index in [2.05, 4.69) is 11.4 Å². The molecule has 0 aliphatic rings. The molecule has 0 heterocycles. The molecule has 4 nitrogen and oxygen atoms in total. The first-order valence-electron chi connectivity index (χ1n) is 5.97. The van der Waals surface area contributed by atoms with E-state index in [4.69, 9.17) is 10.00 Å². The van der Waals surface area contributed by atoms with Crippen LogP contribution in [0.25, 0.3) is 0 Å². The number of anilines is 1. The van der Waals surface area contributed by atoms with Crippen LogP contribution in [0.4, 0.5) is 10.5 Å². The Labute approximate surface area is 108 Å². The molecule has 0 fully saturated rings. The van der Waals surface area contributed by atoms with Gasteiger partial charge in [0.05, 0.1) is 12.2 Å². The number of amides is 1. The number of carbonyl (C=O) groups is 1. The minimum Gasteiger partial charge on any atom is -0.447 e. The second kappa shape index (κ2) is 6.65. The Bertz CT molecular complexity index is 449. The van der Waals surface area contributed by atoms with Gasteiger partial charge in [-0.15, -0.1) is 0 Å². The first-order chi connectivity index (χ1) is 8.52. The molecule has 1 N–H and O–H groups in total. The molecule has 0 aliphatic heterocycles. The molecule has 1 unspecified atom stereocenters. The Kier molecular flexibility index (Phi) is 5.19. The Morgan fingerprint density at radius 1 is 1.44 bits per heavy atom. The van der Waals surface area contributed by atoms with Crippen molar-refractivity contribution in [1.82, 2.24) is 0 Å². The van der Waals surface area contributed by atoms with Gasteiger partial charge in [0.15, 0.2) is 0 Å². The number of hydrogen-bond donors (Lipinski definition) is 1. The Balaban J connectivity index is 2.71. The second-order valence-corrected chi connectivity index (χ2v) is 4.47. The van der Waals surface area contributed by atoms with Crippen LogP contribution in [0.2, 0.25) is 0 Å². The van der Waals surface area contributed by atoms with E-state index in [1.165, 1.54) is 0 Å². The van der Waals surface area contributed by atoms with E-state index in [1.807, 2.05) is 25.1 Å². The molecular weight excluding hydrogens is 228 g/mol. The minimum absolute atomic E-state index is 0.148. The lowest BCUT2D eigenvalue weighted by molar-refractivity contribution is 0.130. The lowest BCUT2D eigenvalue weighted by Crippen LogP contribution is -2.18. The van der Waals surface area contributed by atoms with Crippen LogP contribution in [-0.2, 0) is 4.74 Å². The van der Waals surface area contributed by atoms with Crippen LogP contribution in [0.15, 0.2) is 24.3 Å². The zero-order valence-corrected chi connectivity index (χ0v) is 10.9. The summed E-state index contributed by atoms with van der Waals surface area (Å²) < 4.78 is 5.00. The summed E-state index contributed by atoms with van der Waals surface area (Å²) in [6, 6.07) is 9.60. The molecular formula is C14H18N2O2. The van der Waals surface area contributed by atoms with Gasteiger partial charge in [0.1, 0.15) is 0 Å². The molecule has 1 atom stereocenters. The van der Waals surface area contributed by atoms with Crippen LogP contribution in [0.5, 0.6) is 0 Å². The maximum absolute atomic E-state index is 11.4. The lowest BCUT2D eigenvalue weighted by atomic mass is 9.98. The number of hydrogen-bond acceptors (Lipinski definition) is 3. The molecule has 0 radical (unpaired) electrons. The summed E-state index contributed by atoms with van der Waals surface area (Å²) in [5.41, 5.74) is 1.71. The van der Waals surface area contributed by atoms with Crippen molar-refractivity contribution in [2.45, 2.75) is 39.2 Å². The first kappa shape index (κ1) is 14.0. The van der Waals surface area contributed by atoms with Crippen molar-refractivity contribution in [3.63, 3.8) is 0 Å². The number of nitrogens with one attached hydrogen (secondary N) is 1. The van der Waals surface area contributed by atoms with E-state index < -0.39 is 6.09 Å². The van der Waals surface area contributed by atoms with E-state index in [9.17, 15) is 4.79 Å². The number of nitrogens with zero attached hydrogens (tertiary/aromatic N) is 1. The van der Waals surface area contributed by atoms with Crippen LogP contribution in [0.3, 0.4) is 0 Å². The Hall–Kier alpha value is -2.02. The van der Waals surface area contributed by atoms with Crippen molar-refractivity contribution in [1.29, 1.82) is 5.26 Å². The van der Waals surface area contributed by atoms with Gasteiger partial charge in [0, 0.05) is 12.1 Å². The van der Waals surface area contributed by atoms with Gasteiger partial charge >= 0.3 is 6.09 Å². The third kappa shape index (κ3) is 4.46. The fourth-order valence-corrected chi connectivity index (χ4v) is 1.54. The molecule has 1 amide bonds. The van der Waals surface area contributed by atoms with Gasteiger partial charge in [-0.1, -0.05) is 19.1 Å². The molecule has 4 heteroatoms. The summed E-state index contributed by atoms with van der Waals surface area (Å²) in [6.45, 7) is 5.57. The van der Waals surface area contributed by atoms with Crippen molar-refractivity contribution in [2.24, 2.45) is 0 Å². The predicted molar refractivity (Wildman–Crippen MR) is 70.3 cm³/mol. The van der Waals surface area contributed by atoms with E-state index in [0.29, 0.717) is 12.1 Å². The summed E-state index contributed by atoms with van der Waals surface area (Å²) in [5, 5.41) is 11.3. The third-order valence-electron chi connectivity index (χ3n) is 2.44. The minimum atomic E-state index is -0.463. The number of ether oxygens (including phenoxy) is 1. The fourth-order valence-electron chi connectivity index (χ4n) is 1.54. The average molecular weight is 246 g/mol. The average Bonchev–Trinajstić information content (AvgIpc) is 2.28. The summed E-state index contributed by atoms with van der Waals surface area (Å²) in [6.07, 6.45) is -0.152. The fraction of sp³-hybridized carbons (Fsp3) is 0.429. The van der Waals surface area contributed by atoms with Gasteiger partial charge in [-0.2, -0.15) is 5.26 Å². The highest BCUT2D eigenvalue weighted by Crippen LogP contribution is 2.21. The monoisotopic (exact) mass is 246 g/mol. The van der Waals surface area contributed by atoms with Crippen LogP contribution in [0, 0.1) is 11.3 Å². The summed E-state index contributed by atoms with van der Waals surface area (Å²) in [7, 11) is 0. The standard InChI is InChI=1S/C14H18N2O2/c1-10(2)18-14(17)16-13-6-4-5-12(9-13)11(3)7-8-15/h4-6,9-11H,7H2,1-3H3,(H,16,17). The van der Waals surface area contributed by atoms with Crippen molar-refractivity contribution in [3.8, 4) is 6.07 Å². The summed E-state index contributed by atoms with van der Waals surface area (Å²) in [4.78, 5) is 11.4. The van der Waals surface area contributed by atoms with E-state index in [0.717, 1.165) is 5.56 Å². The van der Waals surface area contributed by atoms with Gasteiger partial charge in [0.2, 0.25) is 0 Å². The number of rotatable bonds is 4. The maximum Gasteiger partial charge on any atom is 0.411 e. The van der Waals surface area contributed by atoms with Crippen molar-refractivity contribution in [3.05, 3.63) is 29.8 Å². The van der Waals surface area contributed by atoms with Gasteiger partial charge in [-0.05, 0) is 37.5 Å². The van der Waals surface area contributed by atoms with Gasteiger partial charge < -0.3 is 4.74 Å². The highest BCUT2D eigenvalue weighted by Gasteiger charge is 2.08. The number of nitriles is 1. The molecule has 0 bridgehead atoms. The molecule has 0 aromatic heterocycles.